The van der Waals surface area contributed by atoms with Crippen molar-refractivity contribution < 1.29 is 9.09 Å². The van der Waals surface area contributed by atoms with Crippen LogP contribution in [-0.2, 0) is 9.09 Å². The summed E-state index contributed by atoms with van der Waals surface area (Å²) in [6.45, 7) is 0.536. The Kier molecular flexibility index (Phi) is 6.79. The molecule has 0 aromatic carbocycles. The molecular formula is C3H7O2PS. The number of thiol groups is 1. The molecule has 42 valence electrons. The zero-order chi connectivity index (χ0) is 5.54. The van der Waals surface area contributed by atoms with Crippen LogP contribution in [-0.4, -0.2) is 12.4 Å². The summed E-state index contributed by atoms with van der Waals surface area (Å²) < 4.78 is 14.0. The molecule has 0 N–H and O–H groups in total. The standard InChI is InChI=1S/C3H7O2PS/c4-6-5-2-1-3-7/h7H,1-3H2. The molecule has 0 bridgehead atoms. The van der Waals surface area contributed by atoms with Crippen LogP contribution in [0.25, 0.3) is 0 Å². The van der Waals surface area contributed by atoms with Gasteiger partial charge >= 0.3 is 8.69 Å². The van der Waals surface area contributed by atoms with E-state index < -0.39 is 0 Å². The van der Waals surface area contributed by atoms with Crippen molar-refractivity contribution in [3.63, 3.8) is 0 Å². The van der Waals surface area contributed by atoms with Crippen molar-refractivity contribution >= 4 is 21.3 Å². The highest BCUT2D eigenvalue weighted by molar-refractivity contribution is 7.80. The third-order valence-electron chi connectivity index (χ3n) is 0.446. The highest BCUT2D eigenvalue weighted by atomic mass is 32.1. The Morgan fingerprint density at radius 2 is 2.43 bits per heavy atom. The van der Waals surface area contributed by atoms with Crippen LogP contribution in [0.15, 0.2) is 0 Å². The number of rotatable bonds is 4. The van der Waals surface area contributed by atoms with Gasteiger partial charge in [-0.05, 0) is 12.2 Å². The van der Waals surface area contributed by atoms with E-state index in [0.717, 1.165) is 12.2 Å². The first-order chi connectivity index (χ1) is 3.41. The Hall–Kier alpha value is 0.410. The average Bonchev–Trinajstić information content (AvgIpc) is 1.69. The molecule has 0 saturated carbocycles. The minimum absolute atomic E-state index is 0.229. The molecule has 0 saturated heterocycles. The molecule has 0 fully saturated rings. The molecule has 0 amide bonds. The van der Waals surface area contributed by atoms with Gasteiger partial charge in [0.25, 0.3) is 0 Å². The molecule has 7 heavy (non-hydrogen) atoms. The highest BCUT2D eigenvalue weighted by Crippen LogP contribution is 1.95. The van der Waals surface area contributed by atoms with E-state index in [0.29, 0.717) is 6.61 Å². The lowest BCUT2D eigenvalue weighted by Gasteiger charge is -1.86. The van der Waals surface area contributed by atoms with Crippen molar-refractivity contribution in [1.29, 1.82) is 0 Å². The summed E-state index contributed by atoms with van der Waals surface area (Å²) in [5, 5.41) is 0. The van der Waals surface area contributed by atoms with Crippen molar-refractivity contribution in [2.75, 3.05) is 12.4 Å². The van der Waals surface area contributed by atoms with Crippen molar-refractivity contribution in [1.82, 2.24) is 0 Å². The van der Waals surface area contributed by atoms with E-state index in [9.17, 15) is 4.57 Å². The maximum atomic E-state index is 9.53. The molecule has 0 aliphatic heterocycles. The van der Waals surface area contributed by atoms with Gasteiger partial charge in [0.2, 0.25) is 0 Å². The van der Waals surface area contributed by atoms with E-state index in [2.05, 4.69) is 17.2 Å². The normalized spacial score (nSPS) is 9.86. The molecular weight excluding hydrogens is 131 g/mol. The lowest BCUT2D eigenvalue weighted by atomic mass is 10.5. The summed E-state index contributed by atoms with van der Waals surface area (Å²) in [6, 6.07) is 0. The van der Waals surface area contributed by atoms with E-state index in [1.165, 1.54) is 0 Å². The van der Waals surface area contributed by atoms with Crippen LogP contribution in [0.2, 0.25) is 0 Å². The van der Waals surface area contributed by atoms with Crippen LogP contribution in [0.4, 0.5) is 0 Å². The third-order valence-corrected chi connectivity index (χ3v) is 1.05. The molecule has 0 radical (unpaired) electrons. The van der Waals surface area contributed by atoms with Crippen LogP contribution in [0.3, 0.4) is 0 Å². The second kappa shape index (κ2) is 6.41. The summed E-state index contributed by atoms with van der Waals surface area (Å²) in [7, 11) is -0.229. The Labute approximate surface area is 49.9 Å². The van der Waals surface area contributed by atoms with Gasteiger partial charge < -0.3 is 0 Å². The van der Waals surface area contributed by atoms with Crippen molar-refractivity contribution in [2.45, 2.75) is 6.42 Å². The predicted octanol–water partition coefficient (Wildman–Crippen LogP) is 1.53. The molecule has 0 atom stereocenters. The SMILES string of the molecule is O=POCCCS. The Bertz CT molecular complexity index is 50.2. The lowest BCUT2D eigenvalue weighted by Crippen LogP contribution is -1.82. The van der Waals surface area contributed by atoms with Gasteiger partial charge in [-0.15, -0.1) is 0 Å². The maximum absolute atomic E-state index is 9.53. The zero-order valence-corrected chi connectivity index (χ0v) is 5.62. The molecule has 2 nitrogen and oxygen atoms in total. The first kappa shape index (κ1) is 7.41. The first-order valence-corrected chi connectivity index (χ1v) is 3.33. The van der Waals surface area contributed by atoms with E-state index >= 15 is 0 Å². The quantitative estimate of drug-likeness (QED) is 0.362. The van der Waals surface area contributed by atoms with Gasteiger partial charge in [0.1, 0.15) is 0 Å². The summed E-state index contributed by atoms with van der Waals surface area (Å²) in [5.74, 6) is 0.787. The first-order valence-electron chi connectivity index (χ1n) is 1.97. The summed E-state index contributed by atoms with van der Waals surface area (Å²) in [4.78, 5) is 0. The van der Waals surface area contributed by atoms with Gasteiger partial charge in [-0.2, -0.15) is 12.6 Å². The maximum Gasteiger partial charge on any atom is 0.327 e. The van der Waals surface area contributed by atoms with Gasteiger partial charge in [0, 0.05) is 0 Å². The van der Waals surface area contributed by atoms with E-state index in [1.807, 2.05) is 0 Å². The Morgan fingerprint density at radius 3 is 2.86 bits per heavy atom. The largest absolute Gasteiger partial charge is 0.327 e. The molecule has 0 rings (SSSR count). The molecule has 0 aromatic rings. The minimum atomic E-state index is -0.229. The number of hydrogen-bond acceptors (Lipinski definition) is 3. The van der Waals surface area contributed by atoms with E-state index in [4.69, 9.17) is 0 Å². The minimum Gasteiger partial charge on any atom is -0.294 e. The van der Waals surface area contributed by atoms with Crippen molar-refractivity contribution in [3.8, 4) is 0 Å². The van der Waals surface area contributed by atoms with Gasteiger partial charge in [-0.25, -0.2) is 4.57 Å². The topological polar surface area (TPSA) is 26.3 Å². The van der Waals surface area contributed by atoms with Crippen LogP contribution in [0.5, 0.6) is 0 Å². The van der Waals surface area contributed by atoms with Crippen molar-refractivity contribution in [3.05, 3.63) is 0 Å². The van der Waals surface area contributed by atoms with E-state index in [-0.39, 0.29) is 8.69 Å². The summed E-state index contributed by atoms with van der Waals surface area (Å²) >= 11 is 3.91. The van der Waals surface area contributed by atoms with Crippen molar-refractivity contribution in [2.24, 2.45) is 0 Å². The van der Waals surface area contributed by atoms with Gasteiger partial charge in [-0.3, -0.25) is 4.52 Å². The second-order valence-corrected chi connectivity index (χ2v) is 1.84. The summed E-state index contributed by atoms with van der Waals surface area (Å²) in [6.07, 6.45) is 0.859. The molecule has 0 aliphatic carbocycles. The smallest absolute Gasteiger partial charge is 0.294 e. The van der Waals surface area contributed by atoms with Crippen LogP contribution < -0.4 is 0 Å². The predicted molar refractivity (Wildman–Crippen MR) is 32.0 cm³/mol. The van der Waals surface area contributed by atoms with Crippen LogP contribution in [0, 0.1) is 0 Å². The fourth-order valence-corrected chi connectivity index (χ4v) is 0.499. The van der Waals surface area contributed by atoms with Gasteiger partial charge in [0.05, 0.1) is 6.61 Å². The average molecular weight is 138 g/mol. The monoisotopic (exact) mass is 138 g/mol. The molecule has 4 heteroatoms. The summed E-state index contributed by atoms with van der Waals surface area (Å²) in [5.41, 5.74) is 0. The Balaban J connectivity index is 2.56. The molecule has 0 unspecified atom stereocenters. The lowest BCUT2D eigenvalue weighted by molar-refractivity contribution is 0.344. The van der Waals surface area contributed by atoms with E-state index in [1.54, 1.807) is 0 Å². The molecule has 0 heterocycles. The third kappa shape index (κ3) is 6.41. The number of hydrogen-bond donors (Lipinski definition) is 1. The molecule has 0 aliphatic rings. The zero-order valence-electron chi connectivity index (χ0n) is 3.83. The molecule has 0 spiro atoms. The fraction of sp³-hybridized carbons (Fsp3) is 1.00. The van der Waals surface area contributed by atoms with Crippen LogP contribution in [0.1, 0.15) is 6.42 Å². The second-order valence-electron chi connectivity index (χ2n) is 0.985. The molecule has 0 aromatic heterocycles. The highest BCUT2D eigenvalue weighted by Gasteiger charge is 1.80. The van der Waals surface area contributed by atoms with Gasteiger partial charge in [-0.1, -0.05) is 0 Å². The fourth-order valence-electron chi connectivity index (χ4n) is 0.166. The Morgan fingerprint density at radius 1 is 1.71 bits per heavy atom. The van der Waals surface area contributed by atoms with Gasteiger partial charge in [0.15, 0.2) is 0 Å². The van der Waals surface area contributed by atoms with Crippen LogP contribution >= 0.6 is 21.3 Å².